The Bertz CT molecular complexity index is 1180. The van der Waals surface area contributed by atoms with Gasteiger partial charge in [-0.05, 0) is 36.4 Å². The number of fused-ring (bicyclic) bond motifs is 4. The van der Waals surface area contributed by atoms with E-state index in [1.165, 1.54) is 39.2 Å². The Kier molecular flexibility index (Phi) is 4.89. The number of aliphatic hydroxyl groups excluding tert-OH is 1. The fourth-order valence-corrected chi connectivity index (χ4v) is 8.56. The van der Waals surface area contributed by atoms with Crippen LogP contribution in [-0.2, 0) is 0 Å². The topological polar surface area (TPSA) is 20.2 Å². The zero-order chi connectivity index (χ0) is 20.1. The Morgan fingerprint density at radius 1 is 0.433 bits per heavy atom. The third-order valence-electron chi connectivity index (χ3n) is 5.17. The van der Waals surface area contributed by atoms with Crippen molar-refractivity contribution in [3.05, 3.63) is 96.1 Å². The summed E-state index contributed by atoms with van der Waals surface area (Å²) < 4.78 is 0. The zero-order valence-corrected chi connectivity index (χ0v) is 19.0. The molecule has 2 aliphatic heterocycles. The monoisotopic (exact) mass is 460 g/mol. The van der Waals surface area contributed by atoms with Crippen LogP contribution < -0.4 is 0 Å². The van der Waals surface area contributed by atoms with Crippen LogP contribution in [0.2, 0.25) is 0 Å². The molecule has 2 aliphatic rings. The van der Waals surface area contributed by atoms with E-state index in [0.717, 1.165) is 11.1 Å². The van der Waals surface area contributed by atoms with Crippen LogP contribution in [0, 0.1) is 0 Å². The minimum atomic E-state index is -0.661. The van der Waals surface area contributed by atoms with Gasteiger partial charge in [0.15, 0.2) is 0 Å². The summed E-state index contributed by atoms with van der Waals surface area (Å²) in [7, 11) is 0. The fourth-order valence-electron chi connectivity index (χ4n) is 3.74. The van der Waals surface area contributed by atoms with Crippen molar-refractivity contribution in [3.63, 3.8) is 0 Å². The maximum atomic E-state index is 11.6. The highest BCUT2D eigenvalue weighted by Crippen LogP contribution is 2.54. The molecule has 0 unspecified atom stereocenters. The van der Waals surface area contributed by atoms with E-state index in [1.807, 2.05) is 0 Å². The first kappa shape index (κ1) is 19.0. The Labute approximate surface area is 192 Å². The molecule has 30 heavy (non-hydrogen) atoms. The summed E-state index contributed by atoms with van der Waals surface area (Å²) in [5, 5.41) is 11.6. The van der Waals surface area contributed by atoms with Gasteiger partial charge in [0.1, 0.15) is 6.10 Å². The first-order valence-corrected chi connectivity index (χ1v) is 12.9. The molecule has 1 nitrogen and oxygen atoms in total. The van der Waals surface area contributed by atoms with E-state index in [9.17, 15) is 5.11 Å². The summed E-state index contributed by atoms with van der Waals surface area (Å²) in [5.41, 5.74) is 1.97. The van der Waals surface area contributed by atoms with Gasteiger partial charge in [-0.3, -0.25) is 0 Å². The second-order valence-corrected chi connectivity index (χ2v) is 11.3. The second kappa shape index (κ2) is 7.74. The lowest BCUT2D eigenvalue weighted by Gasteiger charge is -2.26. The number of benzene rings is 4. The minimum Gasteiger partial charge on any atom is -0.384 e. The first-order chi connectivity index (χ1) is 14.8. The van der Waals surface area contributed by atoms with Gasteiger partial charge in [0.25, 0.3) is 0 Å². The van der Waals surface area contributed by atoms with Crippen LogP contribution >= 0.6 is 47.0 Å². The van der Waals surface area contributed by atoms with Gasteiger partial charge in [-0.15, -0.1) is 0 Å². The molecule has 0 aromatic heterocycles. The summed E-state index contributed by atoms with van der Waals surface area (Å²) in [6.45, 7) is 0. The first-order valence-electron chi connectivity index (χ1n) is 9.61. The molecule has 0 atom stereocenters. The maximum absolute atomic E-state index is 11.6. The lowest BCUT2D eigenvalue weighted by molar-refractivity contribution is 0.213. The van der Waals surface area contributed by atoms with Gasteiger partial charge >= 0.3 is 0 Å². The fraction of sp³-hybridized carbons (Fsp3) is 0.0400. The van der Waals surface area contributed by atoms with Crippen LogP contribution in [0.4, 0.5) is 0 Å². The van der Waals surface area contributed by atoms with E-state index in [0.29, 0.717) is 0 Å². The van der Waals surface area contributed by atoms with Gasteiger partial charge in [0.05, 0.1) is 0 Å². The van der Waals surface area contributed by atoms with Crippen LogP contribution in [0.5, 0.6) is 0 Å². The van der Waals surface area contributed by atoms with Crippen LogP contribution in [0.1, 0.15) is 17.2 Å². The van der Waals surface area contributed by atoms with Crippen molar-refractivity contribution in [1.29, 1.82) is 0 Å². The maximum Gasteiger partial charge on any atom is 0.106 e. The highest BCUT2D eigenvalue weighted by atomic mass is 32.2. The molecule has 0 amide bonds. The Hall–Kier alpha value is -1.76. The van der Waals surface area contributed by atoms with E-state index >= 15 is 0 Å². The number of hydrogen-bond acceptors (Lipinski definition) is 5. The lowest BCUT2D eigenvalue weighted by atomic mass is 10.0. The Morgan fingerprint density at radius 3 is 1.23 bits per heavy atom. The van der Waals surface area contributed by atoms with Crippen molar-refractivity contribution in [3.8, 4) is 0 Å². The highest BCUT2D eigenvalue weighted by Gasteiger charge is 2.27. The van der Waals surface area contributed by atoms with Gasteiger partial charge in [0, 0.05) is 50.3 Å². The van der Waals surface area contributed by atoms with Crippen LogP contribution in [0.15, 0.2) is 124 Å². The quantitative estimate of drug-likeness (QED) is 0.282. The van der Waals surface area contributed by atoms with Crippen molar-refractivity contribution in [2.24, 2.45) is 0 Å². The molecule has 0 aliphatic carbocycles. The van der Waals surface area contributed by atoms with E-state index in [-0.39, 0.29) is 0 Å². The van der Waals surface area contributed by atoms with Crippen LogP contribution in [0.25, 0.3) is 0 Å². The molecule has 0 fully saturated rings. The average Bonchev–Trinajstić information content (AvgIpc) is 2.80. The van der Waals surface area contributed by atoms with E-state index < -0.39 is 6.10 Å². The summed E-state index contributed by atoms with van der Waals surface area (Å²) in [5.74, 6) is 0. The summed E-state index contributed by atoms with van der Waals surface area (Å²) >= 11 is 7.11. The lowest BCUT2D eigenvalue weighted by Crippen LogP contribution is -2.06. The molecular weight excluding hydrogens is 445 g/mol. The standard InChI is InChI=1S/C25H16OS4/c26-23(15-7-5-13-21-24(15)29-19-11-3-1-9-17(19)27-21)16-8-6-14-22-25(16)30-20-12-4-2-10-18(20)28-22/h1-14,23,26H. The van der Waals surface area contributed by atoms with Crippen molar-refractivity contribution >= 4 is 47.0 Å². The predicted octanol–water partition coefficient (Wildman–Crippen LogP) is 8.00. The molecule has 5 heteroatoms. The molecule has 0 bridgehead atoms. The third kappa shape index (κ3) is 3.20. The summed E-state index contributed by atoms with van der Waals surface area (Å²) in [6, 6.07) is 29.5. The highest BCUT2D eigenvalue weighted by molar-refractivity contribution is 8.05. The smallest absolute Gasteiger partial charge is 0.106 e. The van der Waals surface area contributed by atoms with Gasteiger partial charge in [-0.1, -0.05) is 95.6 Å². The third-order valence-corrected chi connectivity index (χ3v) is 10.4. The molecule has 6 rings (SSSR count). The van der Waals surface area contributed by atoms with Gasteiger partial charge in [-0.2, -0.15) is 0 Å². The largest absolute Gasteiger partial charge is 0.384 e. The average molecular weight is 461 g/mol. The van der Waals surface area contributed by atoms with E-state index in [4.69, 9.17) is 0 Å². The summed E-state index contributed by atoms with van der Waals surface area (Å²) in [6.07, 6.45) is -0.661. The van der Waals surface area contributed by atoms with Crippen molar-refractivity contribution < 1.29 is 5.11 Å². The number of aliphatic hydroxyl groups is 1. The molecular formula is C25H16OS4. The van der Waals surface area contributed by atoms with Crippen molar-refractivity contribution in [1.82, 2.24) is 0 Å². The molecule has 4 aromatic carbocycles. The molecule has 4 aromatic rings. The molecule has 1 N–H and O–H groups in total. The molecule has 0 radical (unpaired) electrons. The normalized spacial score (nSPS) is 13.9. The molecule has 0 spiro atoms. The molecule has 2 heterocycles. The van der Waals surface area contributed by atoms with Crippen LogP contribution in [-0.4, -0.2) is 5.11 Å². The zero-order valence-electron chi connectivity index (χ0n) is 15.7. The van der Waals surface area contributed by atoms with Crippen molar-refractivity contribution in [2.75, 3.05) is 0 Å². The SMILES string of the molecule is OC(c1cccc2c1Sc1ccccc1S2)c1cccc2c1Sc1ccccc1S2. The van der Waals surface area contributed by atoms with E-state index in [2.05, 4.69) is 84.9 Å². The molecule has 0 saturated heterocycles. The Morgan fingerprint density at radius 2 is 0.800 bits per heavy atom. The number of rotatable bonds is 2. The summed E-state index contributed by atoms with van der Waals surface area (Å²) in [4.78, 5) is 9.83. The number of hydrogen-bond donors (Lipinski definition) is 1. The van der Waals surface area contributed by atoms with Crippen LogP contribution in [0.3, 0.4) is 0 Å². The second-order valence-electron chi connectivity index (χ2n) is 7.05. The van der Waals surface area contributed by atoms with E-state index in [1.54, 1.807) is 47.0 Å². The molecule has 0 saturated carbocycles. The van der Waals surface area contributed by atoms with Gasteiger partial charge in [-0.25, -0.2) is 0 Å². The van der Waals surface area contributed by atoms with Gasteiger partial charge in [0.2, 0.25) is 0 Å². The minimum absolute atomic E-state index is 0.661. The van der Waals surface area contributed by atoms with Gasteiger partial charge < -0.3 is 5.11 Å². The predicted molar refractivity (Wildman–Crippen MR) is 126 cm³/mol. The molecule has 146 valence electrons. The Balaban J connectivity index is 1.42. The van der Waals surface area contributed by atoms with Crippen molar-refractivity contribution in [2.45, 2.75) is 45.3 Å².